The number of hydrazine groups is 1. The Kier molecular flexibility index (Phi) is 4.86. The van der Waals surface area contributed by atoms with Crippen LogP contribution >= 0.6 is 0 Å². The number of amides is 1. The third kappa shape index (κ3) is 3.57. The van der Waals surface area contributed by atoms with E-state index in [0.717, 1.165) is 23.4 Å². The number of nitrogens with one attached hydrogen (secondary N) is 3. The molecule has 6 heteroatoms. The normalized spacial score (nSPS) is 24.6. The standard InChI is InChI=1S/C20H22FN3O2/c21-17-7-5-13(6-8-17)19-16(11-23-24-19)10-22-20(25)15-9-14-3-1-2-4-18(14)26-12-15/h1-8,15-16,19,23-24H,9-12H2,(H,22,25). The summed E-state index contributed by atoms with van der Waals surface area (Å²) in [6, 6.07) is 14.4. The molecule has 1 fully saturated rings. The molecule has 4 rings (SSSR count). The van der Waals surface area contributed by atoms with E-state index in [1.807, 2.05) is 24.3 Å². The van der Waals surface area contributed by atoms with Crippen molar-refractivity contribution in [3.05, 3.63) is 65.5 Å². The van der Waals surface area contributed by atoms with Gasteiger partial charge >= 0.3 is 0 Å². The van der Waals surface area contributed by atoms with Gasteiger partial charge in [-0.15, -0.1) is 0 Å². The Bertz CT molecular complexity index is 781. The largest absolute Gasteiger partial charge is 0.492 e. The molecule has 2 aliphatic heterocycles. The van der Waals surface area contributed by atoms with Gasteiger partial charge in [0.25, 0.3) is 0 Å². The summed E-state index contributed by atoms with van der Waals surface area (Å²) in [5, 5.41) is 3.06. The summed E-state index contributed by atoms with van der Waals surface area (Å²) in [6.45, 7) is 1.71. The minimum atomic E-state index is -0.248. The summed E-state index contributed by atoms with van der Waals surface area (Å²) < 4.78 is 18.8. The van der Waals surface area contributed by atoms with Gasteiger partial charge in [0.1, 0.15) is 18.2 Å². The minimum absolute atomic E-state index is 0.0178. The number of hydrogen-bond donors (Lipinski definition) is 3. The Morgan fingerprint density at radius 1 is 1.19 bits per heavy atom. The molecule has 1 saturated heterocycles. The van der Waals surface area contributed by atoms with E-state index in [-0.39, 0.29) is 29.6 Å². The summed E-state index contributed by atoms with van der Waals surface area (Å²) in [6.07, 6.45) is 0.699. The quantitative estimate of drug-likeness (QED) is 0.785. The molecule has 3 N–H and O–H groups in total. The molecule has 3 unspecified atom stereocenters. The fourth-order valence-electron chi connectivity index (χ4n) is 3.62. The monoisotopic (exact) mass is 355 g/mol. The molecule has 0 saturated carbocycles. The van der Waals surface area contributed by atoms with E-state index in [1.54, 1.807) is 12.1 Å². The van der Waals surface area contributed by atoms with Gasteiger partial charge in [-0.3, -0.25) is 10.2 Å². The number of hydrogen-bond acceptors (Lipinski definition) is 4. The molecular weight excluding hydrogens is 333 g/mol. The van der Waals surface area contributed by atoms with Crippen molar-refractivity contribution >= 4 is 5.91 Å². The van der Waals surface area contributed by atoms with Crippen molar-refractivity contribution in [3.8, 4) is 5.75 Å². The average molecular weight is 355 g/mol. The maximum Gasteiger partial charge on any atom is 0.226 e. The van der Waals surface area contributed by atoms with E-state index in [9.17, 15) is 9.18 Å². The Labute approximate surface area is 151 Å². The molecule has 2 heterocycles. The summed E-state index contributed by atoms with van der Waals surface area (Å²) in [4.78, 5) is 12.6. The highest BCUT2D eigenvalue weighted by Gasteiger charge is 2.30. The van der Waals surface area contributed by atoms with Crippen molar-refractivity contribution in [1.82, 2.24) is 16.2 Å². The van der Waals surface area contributed by atoms with Crippen LogP contribution in [-0.4, -0.2) is 25.6 Å². The lowest BCUT2D eigenvalue weighted by Gasteiger charge is -2.25. The molecule has 0 aliphatic carbocycles. The molecule has 0 radical (unpaired) electrons. The van der Waals surface area contributed by atoms with Gasteiger partial charge in [-0.1, -0.05) is 30.3 Å². The fourth-order valence-corrected chi connectivity index (χ4v) is 3.62. The molecule has 2 aromatic rings. The van der Waals surface area contributed by atoms with Crippen LogP contribution < -0.4 is 20.9 Å². The van der Waals surface area contributed by atoms with Crippen LogP contribution in [0.2, 0.25) is 0 Å². The van der Waals surface area contributed by atoms with Crippen LogP contribution in [0.1, 0.15) is 17.2 Å². The van der Waals surface area contributed by atoms with Gasteiger partial charge in [-0.25, -0.2) is 9.82 Å². The van der Waals surface area contributed by atoms with Gasteiger partial charge in [0.05, 0.1) is 12.0 Å². The topological polar surface area (TPSA) is 62.4 Å². The molecule has 0 aromatic heterocycles. The summed E-state index contributed by atoms with van der Waals surface area (Å²) in [5.41, 5.74) is 8.42. The van der Waals surface area contributed by atoms with Gasteiger partial charge < -0.3 is 10.1 Å². The zero-order chi connectivity index (χ0) is 17.9. The zero-order valence-electron chi connectivity index (χ0n) is 14.4. The minimum Gasteiger partial charge on any atom is -0.492 e. The second kappa shape index (κ2) is 7.43. The van der Waals surface area contributed by atoms with Crippen LogP contribution in [0.25, 0.3) is 0 Å². The first kappa shape index (κ1) is 17.0. The molecule has 2 aromatic carbocycles. The summed E-state index contributed by atoms with van der Waals surface area (Å²) in [7, 11) is 0. The third-order valence-electron chi connectivity index (χ3n) is 5.11. The average Bonchev–Trinajstić information content (AvgIpc) is 3.15. The van der Waals surface area contributed by atoms with Crippen molar-refractivity contribution in [1.29, 1.82) is 0 Å². The van der Waals surface area contributed by atoms with Crippen molar-refractivity contribution in [2.24, 2.45) is 11.8 Å². The Morgan fingerprint density at radius 3 is 2.85 bits per heavy atom. The zero-order valence-corrected chi connectivity index (χ0v) is 14.4. The summed E-state index contributed by atoms with van der Waals surface area (Å²) >= 11 is 0. The molecule has 0 bridgehead atoms. The predicted octanol–water partition coefficient (Wildman–Crippen LogP) is 1.96. The lowest BCUT2D eigenvalue weighted by Crippen LogP contribution is -2.40. The van der Waals surface area contributed by atoms with E-state index < -0.39 is 0 Å². The number of carbonyl (C=O) groups is 1. The Morgan fingerprint density at radius 2 is 2.00 bits per heavy atom. The van der Waals surface area contributed by atoms with Crippen molar-refractivity contribution in [2.75, 3.05) is 19.7 Å². The number of carbonyl (C=O) groups excluding carboxylic acids is 1. The van der Waals surface area contributed by atoms with Crippen molar-refractivity contribution < 1.29 is 13.9 Å². The predicted molar refractivity (Wildman–Crippen MR) is 95.9 cm³/mol. The fraction of sp³-hybridized carbons (Fsp3) is 0.350. The van der Waals surface area contributed by atoms with E-state index in [2.05, 4.69) is 16.2 Å². The first-order chi connectivity index (χ1) is 12.7. The smallest absolute Gasteiger partial charge is 0.226 e. The van der Waals surface area contributed by atoms with E-state index in [1.165, 1.54) is 12.1 Å². The first-order valence-corrected chi connectivity index (χ1v) is 8.93. The third-order valence-corrected chi connectivity index (χ3v) is 5.11. The number of benzene rings is 2. The van der Waals surface area contributed by atoms with Crippen LogP contribution in [0.15, 0.2) is 48.5 Å². The highest BCUT2D eigenvalue weighted by molar-refractivity contribution is 5.79. The van der Waals surface area contributed by atoms with Crippen LogP contribution in [0.5, 0.6) is 5.75 Å². The maximum atomic E-state index is 13.1. The number of halogens is 1. The van der Waals surface area contributed by atoms with Crippen LogP contribution in [0.4, 0.5) is 4.39 Å². The second-order valence-electron chi connectivity index (χ2n) is 6.88. The molecule has 3 atom stereocenters. The SMILES string of the molecule is O=C(NCC1CNNC1c1ccc(F)cc1)C1COc2ccccc2C1. The van der Waals surface area contributed by atoms with Gasteiger partial charge in [0, 0.05) is 19.0 Å². The van der Waals surface area contributed by atoms with E-state index in [4.69, 9.17) is 4.74 Å². The van der Waals surface area contributed by atoms with Gasteiger partial charge in [0.2, 0.25) is 5.91 Å². The second-order valence-corrected chi connectivity index (χ2v) is 6.88. The summed E-state index contributed by atoms with van der Waals surface area (Å²) in [5.74, 6) is 0.668. The molecular formula is C20H22FN3O2. The van der Waals surface area contributed by atoms with Gasteiger partial charge in [0.15, 0.2) is 0 Å². The van der Waals surface area contributed by atoms with Gasteiger partial charge in [-0.2, -0.15) is 0 Å². The lowest BCUT2D eigenvalue weighted by atomic mass is 9.93. The number of rotatable bonds is 4. The number of fused-ring (bicyclic) bond motifs is 1. The molecule has 2 aliphatic rings. The van der Waals surface area contributed by atoms with Crippen LogP contribution in [0, 0.1) is 17.7 Å². The van der Waals surface area contributed by atoms with Crippen molar-refractivity contribution in [3.63, 3.8) is 0 Å². The molecule has 26 heavy (non-hydrogen) atoms. The highest BCUT2D eigenvalue weighted by Crippen LogP contribution is 2.27. The highest BCUT2D eigenvalue weighted by atomic mass is 19.1. The Balaban J connectivity index is 1.35. The molecule has 136 valence electrons. The number of para-hydroxylation sites is 1. The molecule has 1 amide bonds. The molecule has 0 spiro atoms. The number of ether oxygens (including phenoxy) is 1. The van der Waals surface area contributed by atoms with Crippen LogP contribution in [-0.2, 0) is 11.2 Å². The van der Waals surface area contributed by atoms with Crippen LogP contribution in [0.3, 0.4) is 0 Å². The lowest BCUT2D eigenvalue weighted by molar-refractivity contribution is -0.126. The molecule has 5 nitrogen and oxygen atoms in total. The first-order valence-electron chi connectivity index (χ1n) is 8.93. The van der Waals surface area contributed by atoms with E-state index >= 15 is 0 Å². The van der Waals surface area contributed by atoms with Gasteiger partial charge in [-0.05, 0) is 35.7 Å². The van der Waals surface area contributed by atoms with Crippen molar-refractivity contribution in [2.45, 2.75) is 12.5 Å². The maximum absolute atomic E-state index is 13.1. The Hall–Kier alpha value is -2.44. The van der Waals surface area contributed by atoms with E-state index in [0.29, 0.717) is 19.6 Å².